The molecule has 1 aromatic rings. The maximum absolute atomic E-state index is 13.6. The van der Waals surface area contributed by atoms with Crippen molar-refractivity contribution >= 4 is 10.0 Å². The van der Waals surface area contributed by atoms with Crippen LogP contribution < -0.4 is 10.0 Å². The van der Waals surface area contributed by atoms with Crippen LogP contribution in [0.3, 0.4) is 0 Å². The Labute approximate surface area is 118 Å². The molecule has 5 nitrogen and oxygen atoms in total. The Morgan fingerprint density at radius 2 is 2.25 bits per heavy atom. The number of β-amino-alcohol motifs (C(OH)–C–C–N with tert-alkyl or cyclic N) is 1. The van der Waals surface area contributed by atoms with E-state index in [2.05, 4.69) is 10.0 Å². The summed E-state index contributed by atoms with van der Waals surface area (Å²) in [6.45, 7) is 2.69. The molecule has 3 N–H and O–H groups in total. The van der Waals surface area contributed by atoms with Gasteiger partial charge in [-0.05, 0) is 44.0 Å². The van der Waals surface area contributed by atoms with Gasteiger partial charge >= 0.3 is 0 Å². The second kappa shape index (κ2) is 5.77. The van der Waals surface area contributed by atoms with Crippen LogP contribution in [-0.4, -0.2) is 38.8 Å². The minimum Gasteiger partial charge on any atom is -0.387 e. The number of piperidine rings is 1. The minimum atomic E-state index is -3.96. The van der Waals surface area contributed by atoms with E-state index >= 15 is 0 Å². The molecule has 1 aromatic carbocycles. The molecular weight excluding hydrogens is 283 g/mol. The fourth-order valence-electron chi connectivity index (χ4n) is 2.23. The Balaban J connectivity index is 2.13. The molecule has 0 aromatic heterocycles. The van der Waals surface area contributed by atoms with Gasteiger partial charge in [-0.1, -0.05) is 6.07 Å². The average Bonchev–Trinajstić information content (AvgIpc) is 2.40. The summed E-state index contributed by atoms with van der Waals surface area (Å²) in [5.41, 5.74) is -0.462. The Bertz CT molecular complexity index is 583. The summed E-state index contributed by atoms with van der Waals surface area (Å²) in [7, 11) is -3.96. The molecule has 1 unspecified atom stereocenters. The minimum absolute atomic E-state index is 0.129. The summed E-state index contributed by atoms with van der Waals surface area (Å²) in [5, 5.41) is 13.2. The van der Waals surface area contributed by atoms with Gasteiger partial charge in [0.05, 0.1) is 5.60 Å². The van der Waals surface area contributed by atoms with Crippen LogP contribution in [0.25, 0.3) is 0 Å². The van der Waals surface area contributed by atoms with E-state index in [9.17, 15) is 17.9 Å². The maximum atomic E-state index is 13.6. The van der Waals surface area contributed by atoms with Crippen molar-refractivity contribution < 1.29 is 17.9 Å². The first kappa shape index (κ1) is 15.4. The molecule has 7 heteroatoms. The molecule has 0 spiro atoms. The first-order valence-corrected chi connectivity index (χ1v) is 8.00. The molecule has 1 saturated heterocycles. The van der Waals surface area contributed by atoms with Gasteiger partial charge in [0.15, 0.2) is 0 Å². The molecule has 0 bridgehead atoms. The lowest BCUT2D eigenvalue weighted by atomic mass is 9.95. The number of halogens is 1. The highest BCUT2D eigenvalue weighted by Gasteiger charge is 2.31. The van der Waals surface area contributed by atoms with Gasteiger partial charge in [0, 0.05) is 13.1 Å². The lowest BCUT2D eigenvalue weighted by Crippen LogP contribution is -2.52. The molecule has 0 aliphatic carbocycles. The van der Waals surface area contributed by atoms with E-state index in [0.29, 0.717) is 18.5 Å². The van der Waals surface area contributed by atoms with E-state index < -0.39 is 21.4 Å². The first-order valence-electron chi connectivity index (χ1n) is 6.51. The highest BCUT2D eigenvalue weighted by Crippen LogP contribution is 2.18. The van der Waals surface area contributed by atoms with Crippen LogP contribution in [0.15, 0.2) is 23.1 Å². The van der Waals surface area contributed by atoms with Crippen molar-refractivity contribution in [2.75, 3.05) is 19.6 Å². The zero-order chi connectivity index (χ0) is 14.8. The van der Waals surface area contributed by atoms with Gasteiger partial charge in [0.2, 0.25) is 10.0 Å². The van der Waals surface area contributed by atoms with Crippen LogP contribution in [-0.2, 0) is 10.0 Å². The molecule has 1 aliphatic heterocycles. The molecule has 0 saturated carbocycles. The summed E-state index contributed by atoms with van der Waals surface area (Å²) in [6, 6.07) is 3.91. The van der Waals surface area contributed by atoms with Crippen molar-refractivity contribution in [3.05, 3.63) is 29.6 Å². The van der Waals surface area contributed by atoms with E-state index in [1.54, 1.807) is 6.92 Å². The predicted octanol–water partition coefficient (Wildman–Crippen LogP) is 0.527. The van der Waals surface area contributed by atoms with E-state index in [1.165, 1.54) is 12.1 Å². The van der Waals surface area contributed by atoms with E-state index in [1.807, 2.05) is 0 Å². The van der Waals surface area contributed by atoms with Crippen LogP contribution in [0.2, 0.25) is 0 Å². The van der Waals surface area contributed by atoms with Gasteiger partial charge in [-0.2, -0.15) is 0 Å². The zero-order valence-corrected chi connectivity index (χ0v) is 12.1. The summed E-state index contributed by atoms with van der Waals surface area (Å²) in [4.78, 5) is -0.384. The van der Waals surface area contributed by atoms with E-state index in [0.717, 1.165) is 19.0 Å². The molecule has 2 rings (SSSR count). The highest BCUT2D eigenvalue weighted by molar-refractivity contribution is 7.89. The summed E-state index contributed by atoms with van der Waals surface area (Å²) in [5.74, 6) is -0.795. The molecular formula is C13H19FN2O3S. The van der Waals surface area contributed by atoms with Crippen LogP contribution >= 0.6 is 0 Å². The molecule has 1 heterocycles. The molecule has 20 heavy (non-hydrogen) atoms. The topological polar surface area (TPSA) is 78.4 Å². The number of aryl methyl sites for hydroxylation is 1. The lowest BCUT2D eigenvalue weighted by molar-refractivity contribution is 0.0218. The van der Waals surface area contributed by atoms with E-state index in [-0.39, 0.29) is 11.4 Å². The normalized spacial score (nSPS) is 23.8. The monoisotopic (exact) mass is 302 g/mol. The number of rotatable bonds is 4. The smallest absolute Gasteiger partial charge is 0.243 e. The number of benzene rings is 1. The second-order valence-corrected chi connectivity index (χ2v) is 7.00. The second-order valence-electron chi connectivity index (χ2n) is 5.26. The number of hydrogen-bond donors (Lipinski definition) is 3. The van der Waals surface area contributed by atoms with Crippen molar-refractivity contribution in [2.45, 2.75) is 30.3 Å². The van der Waals surface area contributed by atoms with Crippen molar-refractivity contribution in [2.24, 2.45) is 0 Å². The van der Waals surface area contributed by atoms with Gasteiger partial charge in [0.1, 0.15) is 10.7 Å². The fourth-order valence-corrected chi connectivity index (χ4v) is 3.51. The van der Waals surface area contributed by atoms with Gasteiger partial charge in [0.25, 0.3) is 0 Å². The third-order valence-corrected chi connectivity index (χ3v) is 4.83. The van der Waals surface area contributed by atoms with Crippen molar-refractivity contribution in [1.82, 2.24) is 10.0 Å². The van der Waals surface area contributed by atoms with E-state index in [4.69, 9.17) is 0 Å². The molecule has 1 fully saturated rings. The molecule has 0 radical (unpaired) electrons. The highest BCUT2D eigenvalue weighted by atomic mass is 32.2. The fraction of sp³-hybridized carbons (Fsp3) is 0.538. The Morgan fingerprint density at radius 3 is 2.90 bits per heavy atom. The van der Waals surface area contributed by atoms with Gasteiger partial charge in [-0.3, -0.25) is 0 Å². The van der Waals surface area contributed by atoms with Crippen LogP contribution in [0, 0.1) is 12.7 Å². The Hall–Kier alpha value is -1.02. The molecule has 0 amide bonds. The lowest BCUT2D eigenvalue weighted by Gasteiger charge is -2.32. The summed E-state index contributed by atoms with van der Waals surface area (Å²) >= 11 is 0. The number of hydrogen-bond acceptors (Lipinski definition) is 4. The molecule has 1 aliphatic rings. The summed E-state index contributed by atoms with van der Waals surface area (Å²) in [6.07, 6.45) is 1.29. The number of nitrogens with one attached hydrogen (secondary N) is 2. The van der Waals surface area contributed by atoms with Gasteiger partial charge < -0.3 is 10.4 Å². The van der Waals surface area contributed by atoms with Crippen molar-refractivity contribution in [3.8, 4) is 0 Å². The molecule has 112 valence electrons. The molecule has 1 atom stereocenters. The van der Waals surface area contributed by atoms with Crippen LogP contribution in [0.5, 0.6) is 0 Å². The van der Waals surface area contributed by atoms with Crippen LogP contribution in [0.4, 0.5) is 4.39 Å². The predicted molar refractivity (Wildman–Crippen MR) is 73.4 cm³/mol. The first-order chi connectivity index (χ1) is 9.32. The number of aliphatic hydroxyl groups is 1. The standard InChI is InChI=1S/C13H19FN2O3S/c1-10-3-4-11(14)12(7-10)20(18,19)16-9-13(17)5-2-6-15-8-13/h3-4,7,15-17H,2,5-6,8-9H2,1H3. The third-order valence-electron chi connectivity index (χ3n) is 3.42. The SMILES string of the molecule is Cc1ccc(F)c(S(=O)(=O)NCC2(O)CCCNC2)c1. The van der Waals surface area contributed by atoms with Crippen molar-refractivity contribution in [3.63, 3.8) is 0 Å². The largest absolute Gasteiger partial charge is 0.387 e. The van der Waals surface area contributed by atoms with Gasteiger partial charge in [-0.15, -0.1) is 0 Å². The average molecular weight is 302 g/mol. The third kappa shape index (κ3) is 3.54. The Kier molecular flexibility index (Phi) is 4.43. The maximum Gasteiger partial charge on any atom is 0.243 e. The van der Waals surface area contributed by atoms with Crippen molar-refractivity contribution in [1.29, 1.82) is 0 Å². The quantitative estimate of drug-likeness (QED) is 0.758. The Morgan fingerprint density at radius 1 is 1.50 bits per heavy atom. The number of sulfonamides is 1. The van der Waals surface area contributed by atoms with Crippen LogP contribution in [0.1, 0.15) is 18.4 Å². The van der Waals surface area contributed by atoms with Gasteiger partial charge in [-0.25, -0.2) is 17.5 Å². The zero-order valence-electron chi connectivity index (χ0n) is 11.3. The summed E-state index contributed by atoms with van der Waals surface area (Å²) < 4.78 is 40.1.